The fraction of sp³-hybridized carbons (Fsp3) is 0.100. The second-order valence-corrected chi connectivity index (χ2v) is 5.98. The first-order valence-electron chi connectivity index (χ1n) is 8.58. The molecule has 2 heterocycles. The van der Waals surface area contributed by atoms with Gasteiger partial charge >= 0.3 is 0 Å². The van der Waals surface area contributed by atoms with E-state index in [1.807, 2.05) is 30.5 Å². The van der Waals surface area contributed by atoms with Gasteiger partial charge in [-0.15, -0.1) is 5.10 Å². The number of rotatable bonds is 6. The van der Waals surface area contributed by atoms with Gasteiger partial charge in [0.1, 0.15) is 6.07 Å². The maximum absolute atomic E-state index is 9.17. The Labute approximate surface area is 156 Å². The second-order valence-electron chi connectivity index (χ2n) is 5.98. The zero-order valence-electron chi connectivity index (χ0n) is 14.5. The van der Waals surface area contributed by atoms with Crippen molar-refractivity contribution >= 4 is 28.4 Å². The summed E-state index contributed by atoms with van der Waals surface area (Å²) in [5.74, 6) is 0.969. The number of nitrogens with one attached hydrogen (secondary N) is 3. The van der Waals surface area contributed by atoms with Crippen LogP contribution in [0.25, 0.3) is 10.9 Å². The van der Waals surface area contributed by atoms with Crippen LogP contribution in [0.1, 0.15) is 11.1 Å². The van der Waals surface area contributed by atoms with Crippen LogP contribution in [-0.4, -0.2) is 26.7 Å². The number of aromatic nitrogens is 4. The molecule has 0 saturated heterocycles. The molecule has 3 N–H and O–H groups in total. The summed E-state index contributed by atoms with van der Waals surface area (Å²) in [5, 5.41) is 24.7. The van der Waals surface area contributed by atoms with Crippen molar-refractivity contribution < 1.29 is 0 Å². The van der Waals surface area contributed by atoms with Gasteiger partial charge in [-0.3, -0.25) is 0 Å². The van der Waals surface area contributed by atoms with E-state index in [9.17, 15) is 5.26 Å². The number of benzene rings is 2. The summed E-state index contributed by atoms with van der Waals surface area (Å²) in [6, 6.07) is 17.6. The van der Waals surface area contributed by atoms with E-state index in [0.717, 1.165) is 18.5 Å². The predicted molar refractivity (Wildman–Crippen MR) is 105 cm³/mol. The summed E-state index contributed by atoms with van der Waals surface area (Å²) < 4.78 is 0. The molecule has 0 saturated carbocycles. The maximum Gasteiger partial charge on any atom is 0.249 e. The maximum atomic E-state index is 9.17. The number of nitriles is 1. The average Bonchev–Trinajstić information content (AvgIpc) is 3.12. The van der Waals surface area contributed by atoms with Crippen LogP contribution >= 0.6 is 0 Å². The molecule has 0 atom stereocenters. The van der Waals surface area contributed by atoms with Gasteiger partial charge in [0.2, 0.25) is 5.95 Å². The molecule has 0 spiro atoms. The molecule has 7 heteroatoms. The van der Waals surface area contributed by atoms with Crippen LogP contribution in [-0.2, 0) is 6.42 Å². The van der Waals surface area contributed by atoms with Crippen molar-refractivity contribution in [2.45, 2.75) is 6.42 Å². The van der Waals surface area contributed by atoms with Gasteiger partial charge < -0.3 is 15.6 Å². The minimum Gasteiger partial charge on any atom is -0.368 e. The third-order valence-electron chi connectivity index (χ3n) is 4.23. The van der Waals surface area contributed by atoms with Gasteiger partial charge in [-0.1, -0.05) is 30.3 Å². The Kier molecular flexibility index (Phi) is 4.62. The van der Waals surface area contributed by atoms with Crippen molar-refractivity contribution in [3.63, 3.8) is 0 Å². The number of para-hydroxylation sites is 2. The first-order valence-corrected chi connectivity index (χ1v) is 8.58. The van der Waals surface area contributed by atoms with E-state index in [-0.39, 0.29) is 0 Å². The molecule has 7 nitrogen and oxygen atoms in total. The minimum atomic E-state index is 0.342. The first-order chi connectivity index (χ1) is 13.3. The lowest BCUT2D eigenvalue weighted by molar-refractivity contribution is 0.952. The van der Waals surface area contributed by atoms with Crippen molar-refractivity contribution in [3.8, 4) is 6.07 Å². The van der Waals surface area contributed by atoms with Gasteiger partial charge in [0.25, 0.3) is 0 Å². The number of hydrogen-bond donors (Lipinski definition) is 3. The third kappa shape index (κ3) is 3.70. The smallest absolute Gasteiger partial charge is 0.249 e. The Hall–Kier alpha value is -3.92. The van der Waals surface area contributed by atoms with Crippen LogP contribution < -0.4 is 10.6 Å². The number of aromatic amines is 1. The Balaban J connectivity index is 1.41. The summed E-state index contributed by atoms with van der Waals surface area (Å²) in [6.45, 7) is 0.717. The normalized spacial score (nSPS) is 10.5. The molecule has 4 aromatic rings. The van der Waals surface area contributed by atoms with Gasteiger partial charge in [-0.05, 0) is 30.2 Å². The number of H-pyrrole nitrogens is 1. The second kappa shape index (κ2) is 7.54. The lowest BCUT2D eigenvalue weighted by Gasteiger charge is -2.08. The van der Waals surface area contributed by atoms with E-state index in [4.69, 9.17) is 0 Å². The van der Waals surface area contributed by atoms with Crippen LogP contribution in [0, 0.1) is 11.3 Å². The van der Waals surface area contributed by atoms with Gasteiger partial charge in [-0.2, -0.15) is 15.3 Å². The summed E-state index contributed by atoms with van der Waals surface area (Å²) in [7, 11) is 0. The van der Waals surface area contributed by atoms with Gasteiger partial charge in [-0.25, -0.2) is 0 Å². The number of nitrogens with zero attached hydrogens (tertiary/aromatic N) is 4. The van der Waals surface area contributed by atoms with Crippen molar-refractivity contribution in [1.29, 1.82) is 5.26 Å². The van der Waals surface area contributed by atoms with Crippen LogP contribution in [0.3, 0.4) is 0 Å². The minimum absolute atomic E-state index is 0.342. The van der Waals surface area contributed by atoms with E-state index < -0.39 is 0 Å². The molecule has 0 radical (unpaired) electrons. The Morgan fingerprint density at radius 3 is 2.85 bits per heavy atom. The molecule has 0 bridgehead atoms. The highest BCUT2D eigenvalue weighted by Gasteiger charge is 2.06. The first kappa shape index (κ1) is 16.5. The Morgan fingerprint density at radius 1 is 1.07 bits per heavy atom. The lowest BCUT2D eigenvalue weighted by Crippen LogP contribution is -2.09. The van der Waals surface area contributed by atoms with E-state index in [0.29, 0.717) is 23.0 Å². The van der Waals surface area contributed by atoms with Gasteiger partial charge in [0, 0.05) is 23.6 Å². The van der Waals surface area contributed by atoms with Crippen LogP contribution in [0.5, 0.6) is 0 Å². The van der Waals surface area contributed by atoms with Crippen molar-refractivity contribution in [1.82, 2.24) is 20.2 Å². The van der Waals surface area contributed by atoms with Crippen LogP contribution in [0.15, 0.2) is 60.9 Å². The third-order valence-corrected chi connectivity index (χ3v) is 4.23. The van der Waals surface area contributed by atoms with Gasteiger partial charge in [0.05, 0.1) is 17.4 Å². The van der Waals surface area contributed by atoms with Crippen molar-refractivity contribution in [3.05, 3.63) is 72.1 Å². The van der Waals surface area contributed by atoms with Crippen LogP contribution in [0.2, 0.25) is 0 Å². The highest BCUT2D eigenvalue weighted by Crippen LogP contribution is 2.19. The summed E-state index contributed by atoms with van der Waals surface area (Å²) in [5.41, 5.74) is 3.57. The molecule has 2 aromatic heterocycles. The standard InChI is InChI=1S/C20H17N7/c21-11-14-5-1-3-7-17(14)25-20-26-19(13-24-27-20)22-10-9-15-12-23-18-8-4-2-6-16(15)18/h1-8,12-13,23H,9-10H2,(H2,22,25,26,27). The number of hydrogen-bond acceptors (Lipinski definition) is 6. The quantitative estimate of drug-likeness (QED) is 0.488. The zero-order chi connectivity index (χ0) is 18.5. The van der Waals surface area contributed by atoms with E-state index >= 15 is 0 Å². The molecule has 27 heavy (non-hydrogen) atoms. The largest absolute Gasteiger partial charge is 0.368 e. The van der Waals surface area contributed by atoms with E-state index in [2.05, 4.69) is 49.0 Å². The highest BCUT2D eigenvalue weighted by atomic mass is 15.3. The number of fused-ring (bicyclic) bond motifs is 1. The molecule has 132 valence electrons. The SMILES string of the molecule is N#Cc1ccccc1Nc1nncc(NCCc2c[nH]c3ccccc23)n1. The van der Waals surface area contributed by atoms with Crippen molar-refractivity contribution in [2.75, 3.05) is 17.2 Å². The molecule has 0 aliphatic rings. The monoisotopic (exact) mass is 355 g/mol. The van der Waals surface area contributed by atoms with Crippen molar-refractivity contribution in [2.24, 2.45) is 0 Å². The predicted octanol–water partition coefficient (Wildman–Crippen LogP) is 3.62. The molecule has 0 amide bonds. The van der Waals surface area contributed by atoms with E-state index in [1.165, 1.54) is 10.9 Å². The number of anilines is 3. The molecule has 0 aliphatic heterocycles. The fourth-order valence-corrected chi connectivity index (χ4v) is 2.92. The fourth-order valence-electron chi connectivity index (χ4n) is 2.92. The Bertz CT molecular complexity index is 1110. The average molecular weight is 355 g/mol. The lowest BCUT2D eigenvalue weighted by atomic mass is 10.1. The summed E-state index contributed by atoms with van der Waals surface area (Å²) in [6.07, 6.45) is 4.47. The molecule has 0 aliphatic carbocycles. The molecule has 0 unspecified atom stereocenters. The zero-order valence-corrected chi connectivity index (χ0v) is 14.5. The van der Waals surface area contributed by atoms with E-state index in [1.54, 1.807) is 18.3 Å². The summed E-state index contributed by atoms with van der Waals surface area (Å²) >= 11 is 0. The molecular weight excluding hydrogens is 338 g/mol. The Morgan fingerprint density at radius 2 is 1.93 bits per heavy atom. The topological polar surface area (TPSA) is 102 Å². The van der Waals surface area contributed by atoms with Gasteiger partial charge in [0.15, 0.2) is 5.82 Å². The molecular formula is C20H17N7. The molecule has 2 aromatic carbocycles. The molecule has 0 fully saturated rings. The highest BCUT2D eigenvalue weighted by molar-refractivity contribution is 5.83. The molecule has 4 rings (SSSR count). The summed E-state index contributed by atoms with van der Waals surface area (Å²) in [4.78, 5) is 7.69. The van der Waals surface area contributed by atoms with Crippen LogP contribution in [0.4, 0.5) is 17.5 Å².